The number of hydrogen-bond donors (Lipinski definition) is 1. The average molecular weight is 406 g/mol. The van der Waals surface area contributed by atoms with Crippen molar-refractivity contribution in [2.45, 2.75) is 12.5 Å². The van der Waals surface area contributed by atoms with Crippen molar-refractivity contribution in [2.24, 2.45) is 12.8 Å². The van der Waals surface area contributed by atoms with Crippen LogP contribution in [-0.4, -0.2) is 45.1 Å². The van der Waals surface area contributed by atoms with Gasteiger partial charge in [-0.05, 0) is 30.2 Å². The van der Waals surface area contributed by atoms with E-state index in [4.69, 9.17) is 15.5 Å². The second kappa shape index (κ2) is 8.42. The van der Waals surface area contributed by atoms with Crippen LogP contribution in [0.5, 0.6) is 0 Å². The summed E-state index contributed by atoms with van der Waals surface area (Å²) in [5, 5.41) is 0. The van der Waals surface area contributed by atoms with Crippen molar-refractivity contribution in [3.8, 4) is 11.4 Å². The zero-order chi connectivity index (χ0) is 21.1. The lowest BCUT2D eigenvalue weighted by Crippen LogP contribution is -2.34. The summed E-state index contributed by atoms with van der Waals surface area (Å²) in [5.74, 6) is 0.0570. The fourth-order valence-electron chi connectivity index (χ4n) is 3.48. The Morgan fingerprint density at radius 2 is 2.10 bits per heavy atom. The molecule has 0 aliphatic carbocycles. The Morgan fingerprint density at radius 3 is 2.87 bits per heavy atom. The van der Waals surface area contributed by atoms with Crippen LogP contribution in [0, 0.1) is 0 Å². The number of anilines is 1. The summed E-state index contributed by atoms with van der Waals surface area (Å²) in [4.78, 5) is 39.0. The van der Waals surface area contributed by atoms with Gasteiger partial charge in [-0.3, -0.25) is 14.2 Å². The highest BCUT2D eigenvalue weighted by Crippen LogP contribution is 2.26. The van der Waals surface area contributed by atoms with E-state index < -0.39 is 5.91 Å². The summed E-state index contributed by atoms with van der Waals surface area (Å²) in [6.45, 7) is 1.72. The van der Waals surface area contributed by atoms with Crippen LogP contribution in [0.4, 0.5) is 5.95 Å². The Labute approximate surface area is 173 Å². The van der Waals surface area contributed by atoms with Gasteiger partial charge in [-0.25, -0.2) is 15.0 Å². The van der Waals surface area contributed by atoms with Gasteiger partial charge in [-0.2, -0.15) is 0 Å². The summed E-state index contributed by atoms with van der Waals surface area (Å²) >= 11 is 0. The van der Waals surface area contributed by atoms with Crippen LogP contribution in [0.25, 0.3) is 11.4 Å². The highest BCUT2D eigenvalue weighted by atomic mass is 16.5. The van der Waals surface area contributed by atoms with Crippen LogP contribution in [0.1, 0.15) is 28.4 Å². The van der Waals surface area contributed by atoms with Crippen LogP contribution in [0.2, 0.25) is 0 Å². The molecule has 1 aliphatic rings. The van der Waals surface area contributed by atoms with Gasteiger partial charge in [0.2, 0.25) is 11.9 Å². The van der Waals surface area contributed by atoms with Gasteiger partial charge >= 0.3 is 0 Å². The molecule has 1 saturated heterocycles. The minimum absolute atomic E-state index is 0.175. The third-order valence-corrected chi connectivity index (χ3v) is 5.06. The maximum Gasteiger partial charge on any atom is 0.255 e. The highest BCUT2D eigenvalue weighted by molar-refractivity contribution is 5.92. The Kier molecular flexibility index (Phi) is 5.53. The minimum atomic E-state index is -0.482. The molecule has 1 atom stereocenters. The molecule has 0 unspecified atom stereocenters. The van der Waals surface area contributed by atoms with E-state index in [-0.39, 0.29) is 11.7 Å². The fraction of sp³-hybridized carbons (Fsp3) is 0.286. The van der Waals surface area contributed by atoms with Crippen LogP contribution in [0.15, 0.2) is 53.7 Å². The molecule has 0 bridgehead atoms. The summed E-state index contributed by atoms with van der Waals surface area (Å²) in [6, 6.07) is 10.3. The number of hydrogen-bond acceptors (Lipinski definition) is 7. The zero-order valence-electron chi connectivity index (χ0n) is 16.6. The lowest BCUT2D eigenvalue weighted by Gasteiger charge is -2.26. The van der Waals surface area contributed by atoms with Crippen molar-refractivity contribution in [3.05, 3.63) is 70.4 Å². The normalized spacial score (nSPS) is 16.8. The molecule has 1 aromatic carbocycles. The molecule has 0 radical (unpaired) electrons. The summed E-state index contributed by atoms with van der Waals surface area (Å²) < 4.78 is 7.55. The predicted molar refractivity (Wildman–Crippen MR) is 111 cm³/mol. The van der Waals surface area contributed by atoms with Gasteiger partial charge in [-0.15, -0.1) is 0 Å². The molecular formula is C21H22N6O3. The molecule has 0 spiro atoms. The molecule has 0 saturated carbocycles. The molecule has 9 heteroatoms. The lowest BCUT2D eigenvalue weighted by atomic mass is 10.1. The van der Waals surface area contributed by atoms with E-state index >= 15 is 0 Å². The zero-order valence-corrected chi connectivity index (χ0v) is 16.6. The van der Waals surface area contributed by atoms with E-state index in [1.807, 2.05) is 11.0 Å². The maximum absolute atomic E-state index is 12.6. The summed E-state index contributed by atoms with van der Waals surface area (Å²) in [5.41, 5.74) is 7.61. The Hall–Kier alpha value is -3.59. The number of primary amides is 1. The van der Waals surface area contributed by atoms with E-state index in [0.717, 1.165) is 12.0 Å². The number of ether oxygens (including phenoxy) is 1. The number of carbonyl (C=O) groups excluding carboxylic acids is 1. The monoisotopic (exact) mass is 406 g/mol. The number of rotatable bonds is 4. The van der Waals surface area contributed by atoms with Crippen molar-refractivity contribution in [3.63, 3.8) is 0 Å². The Balaban J connectivity index is 1.69. The van der Waals surface area contributed by atoms with Gasteiger partial charge in [0.25, 0.3) is 5.56 Å². The summed E-state index contributed by atoms with van der Waals surface area (Å²) in [7, 11) is 1.70. The topological polar surface area (TPSA) is 116 Å². The van der Waals surface area contributed by atoms with Crippen LogP contribution in [-0.2, 0) is 11.8 Å². The minimum Gasteiger partial charge on any atom is -0.372 e. The summed E-state index contributed by atoms with van der Waals surface area (Å²) in [6.07, 6.45) is 3.53. The molecule has 30 heavy (non-hydrogen) atoms. The van der Waals surface area contributed by atoms with E-state index in [1.165, 1.54) is 17.0 Å². The first-order chi connectivity index (χ1) is 14.5. The van der Waals surface area contributed by atoms with Gasteiger partial charge in [0.05, 0.1) is 17.9 Å². The lowest BCUT2D eigenvalue weighted by molar-refractivity contribution is 0.0685. The fourth-order valence-corrected chi connectivity index (χ4v) is 3.48. The largest absolute Gasteiger partial charge is 0.372 e. The maximum atomic E-state index is 12.6. The molecule has 1 aliphatic heterocycles. The van der Waals surface area contributed by atoms with Gasteiger partial charge in [0.1, 0.15) is 12.4 Å². The number of amides is 1. The first kappa shape index (κ1) is 19.7. The molecule has 1 fully saturated rings. The average Bonchev–Trinajstić information content (AvgIpc) is 3.02. The number of nitrogens with two attached hydrogens (primary N) is 1. The smallest absolute Gasteiger partial charge is 0.255 e. The van der Waals surface area contributed by atoms with E-state index in [0.29, 0.717) is 42.6 Å². The van der Waals surface area contributed by atoms with Gasteiger partial charge in [0, 0.05) is 38.0 Å². The second-order valence-corrected chi connectivity index (χ2v) is 7.08. The first-order valence-corrected chi connectivity index (χ1v) is 9.63. The molecule has 9 nitrogen and oxygen atoms in total. The van der Waals surface area contributed by atoms with Gasteiger partial charge in [0.15, 0.2) is 0 Å². The quantitative estimate of drug-likeness (QED) is 0.694. The van der Waals surface area contributed by atoms with E-state index in [2.05, 4.69) is 9.97 Å². The molecule has 1 amide bonds. The third kappa shape index (κ3) is 4.06. The first-order valence-electron chi connectivity index (χ1n) is 9.63. The van der Waals surface area contributed by atoms with Crippen molar-refractivity contribution in [2.75, 3.05) is 24.6 Å². The molecule has 3 aromatic rings. The van der Waals surface area contributed by atoms with Crippen molar-refractivity contribution in [1.82, 2.24) is 19.5 Å². The molecular weight excluding hydrogens is 384 g/mol. The predicted octanol–water partition coefficient (Wildman–Crippen LogP) is 1.30. The standard InChI is InChI=1S/C21H22N6O3/c1-26-19(28)11-17(16-6-7-23-13-24-16)25-21(26)27-8-3-9-30-18(12-27)14-4-2-5-15(10-14)20(22)29/h2,4-7,10-11,13,18H,3,8-9,12H2,1H3,(H2,22,29)/t18-/m1/s1. The second-order valence-electron chi connectivity index (χ2n) is 7.08. The van der Waals surface area contributed by atoms with E-state index in [1.54, 1.807) is 37.5 Å². The third-order valence-electron chi connectivity index (χ3n) is 5.06. The van der Waals surface area contributed by atoms with Crippen LogP contribution in [0.3, 0.4) is 0 Å². The Morgan fingerprint density at radius 1 is 1.23 bits per heavy atom. The van der Waals surface area contributed by atoms with Gasteiger partial charge < -0.3 is 15.4 Å². The Bertz CT molecular complexity index is 1120. The molecule has 154 valence electrons. The molecule has 4 rings (SSSR count). The molecule has 2 N–H and O–H groups in total. The number of carbonyl (C=O) groups is 1. The number of aromatic nitrogens is 4. The van der Waals surface area contributed by atoms with Crippen LogP contribution < -0.4 is 16.2 Å². The highest BCUT2D eigenvalue weighted by Gasteiger charge is 2.24. The van der Waals surface area contributed by atoms with Crippen molar-refractivity contribution in [1.29, 1.82) is 0 Å². The van der Waals surface area contributed by atoms with Crippen LogP contribution >= 0.6 is 0 Å². The molecule has 3 heterocycles. The van der Waals surface area contributed by atoms with E-state index in [9.17, 15) is 9.59 Å². The SMILES string of the molecule is Cn1c(N2CCCO[C@@H](c3cccc(C(N)=O)c3)C2)nc(-c2ccncn2)cc1=O. The van der Waals surface area contributed by atoms with Gasteiger partial charge in [-0.1, -0.05) is 12.1 Å². The van der Waals surface area contributed by atoms with Crippen molar-refractivity contribution >= 4 is 11.9 Å². The number of nitrogens with zero attached hydrogens (tertiary/aromatic N) is 5. The molecule has 2 aromatic heterocycles. The van der Waals surface area contributed by atoms with Crippen molar-refractivity contribution < 1.29 is 9.53 Å². The number of benzene rings is 1.